The van der Waals surface area contributed by atoms with E-state index < -0.39 is 6.67 Å². The number of pyridine rings is 1. The van der Waals surface area contributed by atoms with E-state index in [1.807, 2.05) is 36.7 Å². The van der Waals surface area contributed by atoms with E-state index in [1.165, 1.54) is 0 Å². The molecule has 0 spiro atoms. The zero-order chi connectivity index (χ0) is 14.8. The lowest BCUT2D eigenvalue weighted by Crippen LogP contribution is -2.02. The molecule has 1 aromatic carbocycles. The Bertz CT molecular complexity index is 782. The van der Waals surface area contributed by atoms with E-state index in [-0.39, 0.29) is 6.61 Å². The molecule has 0 radical (unpaired) electrons. The number of fused-ring (bicyclic) bond motifs is 1. The highest BCUT2D eigenvalue weighted by molar-refractivity contribution is 5.82. The Morgan fingerprint density at radius 1 is 1.29 bits per heavy atom. The van der Waals surface area contributed by atoms with E-state index in [0.29, 0.717) is 5.75 Å². The Hall–Kier alpha value is -2.43. The van der Waals surface area contributed by atoms with E-state index in [1.54, 1.807) is 12.4 Å². The number of imidazole rings is 1. The molecule has 0 saturated heterocycles. The van der Waals surface area contributed by atoms with Crippen molar-refractivity contribution < 1.29 is 9.13 Å². The summed E-state index contributed by atoms with van der Waals surface area (Å²) in [5, 5.41) is 0. The fraction of sp³-hybridized carbons (Fsp3) is 0.250. The number of halogens is 1. The van der Waals surface area contributed by atoms with E-state index in [4.69, 9.17) is 4.74 Å². The maximum Gasteiger partial charge on any atom is 0.148 e. The second-order valence-corrected chi connectivity index (χ2v) is 4.90. The van der Waals surface area contributed by atoms with Crippen LogP contribution in [0.1, 0.15) is 5.56 Å². The molecule has 2 aromatic heterocycles. The molecule has 0 aliphatic carbocycles. The molecule has 108 valence electrons. The molecule has 0 saturated carbocycles. The molecule has 2 heterocycles. The number of hydrogen-bond donors (Lipinski definition) is 0. The maximum atomic E-state index is 12.3. The number of ether oxygens (including phenoxy) is 1. The molecule has 0 unspecified atom stereocenters. The van der Waals surface area contributed by atoms with Gasteiger partial charge in [-0.15, -0.1) is 0 Å². The molecule has 0 aliphatic rings. The maximum absolute atomic E-state index is 12.3. The molecule has 0 aliphatic heterocycles. The van der Waals surface area contributed by atoms with Crippen molar-refractivity contribution >= 4 is 11.0 Å². The van der Waals surface area contributed by atoms with Crippen LogP contribution in [0.4, 0.5) is 4.39 Å². The summed E-state index contributed by atoms with van der Waals surface area (Å²) in [6.45, 7) is 1.52. The Labute approximate surface area is 122 Å². The average Bonchev–Trinajstić information content (AvgIpc) is 2.81. The van der Waals surface area contributed by atoms with Crippen LogP contribution in [0.3, 0.4) is 0 Å². The highest BCUT2D eigenvalue weighted by atomic mass is 19.1. The van der Waals surface area contributed by atoms with Crippen LogP contribution in [0, 0.1) is 6.92 Å². The number of aromatic nitrogens is 3. The van der Waals surface area contributed by atoms with E-state index >= 15 is 0 Å². The second-order valence-electron chi connectivity index (χ2n) is 4.90. The number of aryl methyl sites for hydroxylation is 2. The lowest BCUT2D eigenvalue weighted by atomic mass is 10.2. The van der Waals surface area contributed by atoms with Crippen molar-refractivity contribution in [2.45, 2.75) is 6.92 Å². The normalized spacial score (nSPS) is 11.0. The van der Waals surface area contributed by atoms with Crippen molar-refractivity contribution in [1.29, 1.82) is 0 Å². The predicted octanol–water partition coefficient (Wildman–Crippen LogP) is 3.29. The third-order valence-electron chi connectivity index (χ3n) is 3.40. The van der Waals surface area contributed by atoms with Crippen molar-refractivity contribution in [3.8, 4) is 17.1 Å². The minimum absolute atomic E-state index is 0.0156. The minimum atomic E-state index is -0.532. The Kier molecular flexibility index (Phi) is 3.56. The molecule has 5 heteroatoms. The van der Waals surface area contributed by atoms with Crippen molar-refractivity contribution in [1.82, 2.24) is 14.5 Å². The van der Waals surface area contributed by atoms with Crippen LogP contribution in [-0.2, 0) is 7.05 Å². The van der Waals surface area contributed by atoms with Crippen LogP contribution < -0.4 is 4.74 Å². The van der Waals surface area contributed by atoms with Gasteiger partial charge in [-0.1, -0.05) is 6.07 Å². The lowest BCUT2D eigenvalue weighted by Gasteiger charge is -2.09. The molecule has 4 nitrogen and oxygen atoms in total. The first kappa shape index (κ1) is 13.5. The van der Waals surface area contributed by atoms with Gasteiger partial charge in [0, 0.05) is 13.2 Å². The molecular formula is C16H16FN3O. The molecule has 3 aromatic rings. The van der Waals surface area contributed by atoms with Gasteiger partial charge < -0.3 is 9.30 Å². The summed E-state index contributed by atoms with van der Waals surface area (Å²) in [5.41, 5.74) is 3.95. The summed E-state index contributed by atoms with van der Waals surface area (Å²) in [5.74, 6) is 1.33. The third-order valence-corrected chi connectivity index (χ3v) is 3.40. The fourth-order valence-corrected chi connectivity index (χ4v) is 2.38. The topological polar surface area (TPSA) is 39.9 Å². The fourth-order valence-electron chi connectivity index (χ4n) is 2.38. The number of alkyl halides is 1. The van der Waals surface area contributed by atoms with Crippen LogP contribution >= 0.6 is 0 Å². The quantitative estimate of drug-likeness (QED) is 0.738. The number of rotatable bonds is 4. The average molecular weight is 285 g/mol. The van der Waals surface area contributed by atoms with E-state index in [2.05, 4.69) is 16.0 Å². The van der Waals surface area contributed by atoms with Gasteiger partial charge in [0.2, 0.25) is 0 Å². The van der Waals surface area contributed by atoms with Gasteiger partial charge in [-0.2, -0.15) is 0 Å². The monoisotopic (exact) mass is 285 g/mol. The van der Waals surface area contributed by atoms with Gasteiger partial charge in [0.05, 0.1) is 22.8 Å². The number of nitrogens with zero attached hydrogens (tertiary/aromatic N) is 3. The van der Waals surface area contributed by atoms with Gasteiger partial charge in [0.1, 0.15) is 24.9 Å². The summed E-state index contributed by atoms with van der Waals surface area (Å²) in [6.07, 6.45) is 3.28. The Balaban J connectivity index is 2.14. The summed E-state index contributed by atoms with van der Waals surface area (Å²) < 4.78 is 19.8. The molecule has 0 N–H and O–H groups in total. The highest BCUT2D eigenvalue weighted by Crippen LogP contribution is 2.30. The molecule has 0 atom stereocenters. The zero-order valence-corrected chi connectivity index (χ0v) is 12.0. The van der Waals surface area contributed by atoms with Crippen LogP contribution in [0.15, 0.2) is 36.7 Å². The summed E-state index contributed by atoms with van der Waals surface area (Å²) >= 11 is 0. The van der Waals surface area contributed by atoms with Crippen LogP contribution in [0.2, 0.25) is 0 Å². The van der Waals surface area contributed by atoms with Gasteiger partial charge in [-0.05, 0) is 30.7 Å². The Morgan fingerprint density at radius 3 is 2.95 bits per heavy atom. The van der Waals surface area contributed by atoms with Gasteiger partial charge in [-0.25, -0.2) is 9.37 Å². The first-order chi connectivity index (χ1) is 10.2. The van der Waals surface area contributed by atoms with Crippen LogP contribution in [0.5, 0.6) is 5.75 Å². The van der Waals surface area contributed by atoms with E-state index in [9.17, 15) is 4.39 Å². The number of benzene rings is 1. The summed E-state index contributed by atoms with van der Waals surface area (Å²) in [7, 11) is 1.96. The molecule has 0 amide bonds. The van der Waals surface area contributed by atoms with E-state index in [0.717, 1.165) is 28.0 Å². The van der Waals surface area contributed by atoms with Gasteiger partial charge in [0.25, 0.3) is 0 Å². The van der Waals surface area contributed by atoms with Crippen molar-refractivity contribution in [3.63, 3.8) is 0 Å². The molecule has 0 fully saturated rings. The predicted molar refractivity (Wildman–Crippen MR) is 80.2 cm³/mol. The molecular weight excluding hydrogens is 269 g/mol. The van der Waals surface area contributed by atoms with Crippen LogP contribution in [-0.4, -0.2) is 27.8 Å². The first-order valence-corrected chi connectivity index (χ1v) is 6.77. The second kappa shape index (κ2) is 5.52. The SMILES string of the molecule is Cc1ccc2c(c1)nc(-c1ccncc1OCCF)n2C. The van der Waals surface area contributed by atoms with Crippen molar-refractivity contribution in [2.24, 2.45) is 7.05 Å². The standard InChI is InChI=1S/C16H16FN3O/c1-11-3-4-14-13(9-11)19-16(20(14)2)12-5-7-18-10-15(12)21-8-6-17/h3-5,7,9-10H,6,8H2,1-2H3. The Morgan fingerprint density at radius 2 is 2.14 bits per heavy atom. The largest absolute Gasteiger partial charge is 0.488 e. The van der Waals surface area contributed by atoms with Gasteiger partial charge >= 0.3 is 0 Å². The zero-order valence-electron chi connectivity index (χ0n) is 12.0. The highest BCUT2D eigenvalue weighted by Gasteiger charge is 2.14. The summed E-state index contributed by atoms with van der Waals surface area (Å²) in [6, 6.07) is 7.98. The number of hydrogen-bond acceptors (Lipinski definition) is 3. The molecule has 21 heavy (non-hydrogen) atoms. The van der Waals surface area contributed by atoms with Crippen molar-refractivity contribution in [3.05, 3.63) is 42.2 Å². The third kappa shape index (κ3) is 2.46. The minimum Gasteiger partial charge on any atom is -0.488 e. The van der Waals surface area contributed by atoms with Crippen LogP contribution in [0.25, 0.3) is 22.4 Å². The smallest absolute Gasteiger partial charge is 0.148 e. The van der Waals surface area contributed by atoms with Gasteiger partial charge in [-0.3, -0.25) is 4.98 Å². The lowest BCUT2D eigenvalue weighted by molar-refractivity contribution is 0.273. The van der Waals surface area contributed by atoms with Gasteiger partial charge in [0.15, 0.2) is 0 Å². The molecule has 3 rings (SSSR count). The molecule has 0 bridgehead atoms. The first-order valence-electron chi connectivity index (χ1n) is 6.77. The van der Waals surface area contributed by atoms with Crippen molar-refractivity contribution in [2.75, 3.05) is 13.3 Å². The summed E-state index contributed by atoms with van der Waals surface area (Å²) in [4.78, 5) is 8.71.